The van der Waals surface area contributed by atoms with Gasteiger partial charge in [0, 0.05) is 25.3 Å². The zero-order valence-corrected chi connectivity index (χ0v) is 19.3. The maximum absolute atomic E-state index is 12.6. The molecule has 0 spiro atoms. The average Bonchev–Trinajstić information content (AvgIpc) is 2.69. The molecule has 1 aliphatic carbocycles. The maximum Gasteiger partial charge on any atom is 0.306 e. The minimum Gasteiger partial charge on any atom is -0.497 e. The molecule has 6 heteroatoms. The van der Waals surface area contributed by atoms with Crippen LogP contribution >= 0.6 is 0 Å². The average molecular weight is 421 g/mol. The second-order valence-corrected chi connectivity index (χ2v) is 9.44. The van der Waals surface area contributed by atoms with Gasteiger partial charge in [-0.15, -0.1) is 0 Å². The van der Waals surface area contributed by atoms with Crippen LogP contribution in [0.3, 0.4) is 0 Å². The highest BCUT2D eigenvalue weighted by Crippen LogP contribution is 2.44. The van der Waals surface area contributed by atoms with Crippen molar-refractivity contribution in [2.75, 3.05) is 34.3 Å². The lowest BCUT2D eigenvalue weighted by Gasteiger charge is -2.44. The molecule has 3 N–H and O–H groups in total. The minimum atomic E-state index is -1.08. The number of esters is 1. The Labute approximate surface area is 181 Å². The Morgan fingerprint density at radius 1 is 1.33 bits per heavy atom. The van der Waals surface area contributed by atoms with Gasteiger partial charge < -0.3 is 25.2 Å². The van der Waals surface area contributed by atoms with Crippen molar-refractivity contribution in [2.24, 2.45) is 23.5 Å². The number of methoxy groups -OCH3 is 1. The van der Waals surface area contributed by atoms with Gasteiger partial charge in [-0.1, -0.05) is 26.0 Å². The summed E-state index contributed by atoms with van der Waals surface area (Å²) in [7, 11) is 5.65. The van der Waals surface area contributed by atoms with Crippen LogP contribution in [0.2, 0.25) is 0 Å². The quantitative estimate of drug-likeness (QED) is 0.566. The lowest BCUT2D eigenvalue weighted by atomic mass is 9.70. The van der Waals surface area contributed by atoms with Crippen molar-refractivity contribution in [1.82, 2.24) is 4.90 Å². The molecule has 30 heavy (non-hydrogen) atoms. The fourth-order valence-electron chi connectivity index (χ4n) is 4.67. The summed E-state index contributed by atoms with van der Waals surface area (Å²) >= 11 is 0. The molecule has 2 rings (SSSR count). The highest BCUT2D eigenvalue weighted by molar-refractivity contribution is 5.70. The molecule has 0 radical (unpaired) electrons. The largest absolute Gasteiger partial charge is 0.497 e. The zero-order chi connectivity index (χ0) is 22.3. The minimum absolute atomic E-state index is 0.0484. The molecule has 4 unspecified atom stereocenters. The van der Waals surface area contributed by atoms with Crippen molar-refractivity contribution in [2.45, 2.75) is 57.7 Å². The van der Waals surface area contributed by atoms with E-state index in [1.54, 1.807) is 7.11 Å². The molecule has 6 nitrogen and oxygen atoms in total. The predicted octanol–water partition coefficient (Wildman–Crippen LogP) is 3.17. The first-order valence-corrected chi connectivity index (χ1v) is 11.1. The number of carbonyl (C=O) groups excluding carboxylic acids is 1. The summed E-state index contributed by atoms with van der Waals surface area (Å²) in [4.78, 5) is 14.7. The molecular formula is C24H40N2O4. The first kappa shape index (κ1) is 24.6. The van der Waals surface area contributed by atoms with Crippen LogP contribution in [0.1, 0.15) is 51.5 Å². The molecule has 0 aromatic heterocycles. The smallest absolute Gasteiger partial charge is 0.306 e. The van der Waals surface area contributed by atoms with Crippen molar-refractivity contribution < 1.29 is 19.4 Å². The van der Waals surface area contributed by atoms with E-state index in [1.807, 2.05) is 38.4 Å². The molecule has 1 aromatic rings. The topological polar surface area (TPSA) is 85.0 Å². The number of rotatable bonds is 10. The molecule has 170 valence electrons. The van der Waals surface area contributed by atoms with E-state index in [-0.39, 0.29) is 23.9 Å². The summed E-state index contributed by atoms with van der Waals surface area (Å²) in [5.41, 5.74) is 5.59. The monoisotopic (exact) mass is 420 g/mol. The van der Waals surface area contributed by atoms with Gasteiger partial charge in [0.1, 0.15) is 11.9 Å². The number of hydrogen-bond donors (Lipinski definition) is 2. The summed E-state index contributed by atoms with van der Waals surface area (Å²) in [6.45, 7) is 5.51. The van der Waals surface area contributed by atoms with E-state index in [1.165, 1.54) is 0 Å². The van der Waals surface area contributed by atoms with Crippen LogP contribution in [0.15, 0.2) is 24.3 Å². The van der Waals surface area contributed by atoms with Crippen LogP contribution in [0.4, 0.5) is 0 Å². The molecular weight excluding hydrogens is 380 g/mol. The third kappa shape index (κ3) is 6.69. The van der Waals surface area contributed by atoms with Gasteiger partial charge in [0.25, 0.3) is 0 Å². The molecule has 1 aromatic carbocycles. The fourth-order valence-corrected chi connectivity index (χ4v) is 4.67. The summed E-state index contributed by atoms with van der Waals surface area (Å²) in [5.74, 6) is 1.18. The van der Waals surface area contributed by atoms with E-state index in [2.05, 4.69) is 18.7 Å². The second-order valence-electron chi connectivity index (χ2n) is 9.44. The number of benzene rings is 1. The van der Waals surface area contributed by atoms with Gasteiger partial charge in [0.15, 0.2) is 0 Å². The van der Waals surface area contributed by atoms with Crippen LogP contribution in [-0.4, -0.2) is 56.4 Å². The molecule has 0 heterocycles. The fraction of sp³-hybridized carbons (Fsp3) is 0.708. The Kier molecular flexibility index (Phi) is 9.13. The van der Waals surface area contributed by atoms with E-state index in [9.17, 15) is 9.90 Å². The highest BCUT2D eigenvalue weighted by atomic mass is 16.5. The van der Waals surface area contributed by atoms with Crippen LogP contribution in [0.25, 0.3) is 0 Å². The Morgan fingerprint density at radius 3 is 2.67 bits per heavy atom. The van der Waals surface area contributed by atoms with E-state index in [0.29, 0.717) is 31.1 Å². The Hall–Kier alpha value is -1.63. The Bertz CT molecular complexity index is 679. The van der Waals surface area contributed by atoms with Crippen molar-refractivity contribution >= 4 is 5.97 Å². The molecule has 0 amide bonds. The number of carbonyl (C=O) groups is 1. The number of hydrogen-bond acceptors (Lipinski definition) is 6. The number of ether oxygens (including phenoxy) is 2. The molecule has 0 aliphatic heterocycles. The van der Waals surface area contributed by atoms with Crippen molar-refractivity contribution in [3.05, 3.63) is 29.8 Å². The van der Waals surface area contributed by atoms with Crippen LogP contribution in [0.5, 0.6) is 5.75 Å². The van der Waals surface area contributed by atoms with Gasteiger partial charge in [0.05, 0.1) is 12.7 Å². The third-order valence-corrected chi connectivity index (χ3v) is 6.10. The zero-order valence-electron chi connectivity index (χ0n) is 19.3. The SMILES string of the molecule is COc1cccc(C2(O)CC(OC(=O)CC(CN)CC(C)C)CCC2CN(C)C)c1. The van der Waals surface area contributed by atoms with Crippen molar-refractivity contribution in [1.29, 1.82) is 0 Å². The molecule has 0 saturated heterocycles. The summed E-state index contributed by atoms with van der Waals surface area (Å²) in [6, 6.07) is 7.59. The van der Waals surface area contributed by atoms with E-state index < -0.39 is 5.60 Å². The molecule has 4 atom stereocenters. The van der Waals surface area contributed by atoms with Gasteiger partial charge in [-0.05, 0) is 69.4 Å². The first-order chi connectivity index (χ1) is 14.2. The van der Waals surface area contributed by atoms with Crippen LogP contribution in [-0.2, 0) is 15.1 Å². The normalized spacial score (nSPS) is 25.4. The number of nitrogens with zero attached hydrogens (tertiary/aromatic N) is 1. The number of nitrogens with two attached hydrogens (primary N) is 1. The molecule has 0 bridgehead atoms. The maximum atomic E-state index is 12.6. The van der Waals surface area contributed by atoms with Gasteiger partial charge in [-0.25, -0.2) is 0 Å². The Morgan fingerprint density at radius 2 is 2.07 bits per heavy atom. The van der Waals surface area contributed by atoms with E-state index >= 15 is 0 Å². The van der Waals surface area contributed by atoms with Gasteiger partial charge in [0.2, 0.25) is 0 Å². The van der Waals surface area contributed by atoms with Crippen LogP contribution < -0.4 is 10.5 Å². The number of aliphatic hydroxyl groups is 1. The predicted molar refractivity (Wildman–Crippen MR) is 119 cm³/mol. The lowest BCUT2D eigenvalue weighted by Crippen LogP contribution is -2.47. The Balaban J connectivity index is 2.14. The van der Waals surface area contributed by atoms with Crippen LogP contribution in [0, 0.1) is 17.8 Å². The van der Waals surface area contributed by atoms with Gasteiger partial charge >= 0.3 is 5.97 Å². The summed E-state index contributed by atoms with van der Waals surface area (Å²) in [6.07, 6.45) is 2.88. The molecule has 1 fully saturated rings. The van der Waals surface area contributed by atoms with Gasteiger partial charge in [-0.2, -0.15) is 0 Å². The van der Waals surface area contributed by atoms with E-state index in [4.69, 9.17) is 15.2 Å². The summed E-state index contributed by atoms with van der Waals surface area (Å²) < 4.78 is 11.2. The standard InChI is InChI=1S/C24H40N2O4/c1-17(2)11-18(15-25)12-23(27)30-22-10-9-20(16-26(3)4)24(28,14-22)19-7-6-8-21(13-19)29-5/h6-8,13,17-18,20,22,28H,9-12,14-16,25H2,1-5H3. The lowest BCUT2D eigenvalue weighted by molar-refractivity contribution is -0.162. The summed E-state index contributed by atoms with van der Waals surface area (Å²) in [5, 5.41) is 11.8. The van der Waals surface area contributed by atoms with Crippen molar-refractivity contribution in [3.8, 4) is 5.75 Å². The van der Waals surface area contributed by atoms with E-state index in [0.717, 1.165) is 31.4 Å². The molecule has 1 saturated carbocycles. The highest BCUT2D eigenvalue weighted by Gasteiger charge is 2.45. The first-order valence-electron chi connectivity index (χ1n) is 11.1. The van der Waals surface area contributed by atoms with Crippen molar-refractivity contribution in [3.63, 3.8) is 0 Å². The van der Waals surface area contributed by atoms with Gasteiger partial charge in [-0.3, -0.25) is 4.79 Å². The third-order valence-electron chi connectivity index (χ3n) is 6.10. The molecule has 1 aliphatic rings. The second kappa shape index (κ2) is 11.1.